The van der Waals surface area contributed by atoms with E-state index >= 15 is 0 Å². The zero-order valence-electron chi connectivity index (χ0n) is 12.2. The van der Waals surface area contributed by atoms with Gasteiger partial charge in [0, 0.05) is 6.54 Å². The Bertz CT molecular complexity index is 446. The third-order valence-electron chi connectivity index (χ3n) is 2.80. The molecule has 19 heavy (non-hydrogen) atoms. The third kappa shape index (κ3) is 4.78. The molecule has 1 atom stereocenters. The SMILES string of the molecule is C=CCNC(=O)[C@H](C)Oc1cccc(C(C)(C)C)c1. The molecule has 0 aliphatic carbocycles. The smallest absolute Gasteiger partial charge is 0.261 e. The van der Waals surface area contributed by atoms with Crippen molar-refractivity contribution in [2.75, 3.05) is 6.54 Å². The molecule has 3 heteroatoms. The monoisotopic (exact) mass is 261 g/mol. The summed E-state index contributed by atoms with van der Waals surface area (Å²) in [5, 5.41) is 2.72. The number of nitrogens with one attached hydrogen (secondary N) is 1. The first-order chi connectivity index (χ1) is 8.84. The molecule has 0 unspecified atom stereocenters. The van der Waals surface area contributed by atoms with Crippen molar-refractivity contribution in [3.63, 3.8) is 0 Å². The fourth-order valence-corrected chi connectivity index (χ4v) is 1.61. The van der Waals surface area contributed by atoms with Gasteiger partial charge in [0.15, 0.2) is 6.10 Å². The van der Waals surface area contributed by atoms with Crippen molar-refractivity contribution < 1.29 is 9.53 Å². The molecule has 0 aliphatic heterocycles. The summed E-state index contributed by atoms with van der Waals surface area (Å²) >= 11 is 0. The standard InChI is InChI=1S/C16H23NO2/c1-6-10-17-15(18)12(2)19-14-9-7-8-13(11-14)16(3,4)5/h6-9,11-12H,1,10H2,2-5H3,(H,17,18)/t12-/m0/s1. The third-order valence-corrected chi connectivity index (χ3v) is 2.80. The van der Waals surface area contributed by atoms with Crippen molar-refractivity contribution in [1.82, 2.24) is 5.32 Å². The minimum absolute atomic E-state index is 0.0632. The molecule has 0 bridgehead atoms. The van der Waals surface area contributed by atoms with Gasteiger partial charge < -0.3 is 10.1 Å². The molecule has 0 radical (unpaired) electrons. The quantitative estimate of drug-likeness (QED) is 0.827. The first-order valence-electron chi connectivity index (χ1n) is 6.50. The fraction of sp³-hybridized carbons (Fsp3) is 0.438. The summed E-state index contributed by atoms with van der Waals surface area (Å²) in [7, 11) is 0. The topological polar surface area (TPSA) is 38.3 Å². The molecular formula is C16H23NO2. The lowest BCUT2D eigenvalue weighted by Gasteiger charge is -2.21. The van der Waals surface area contributed by atoms with Gasteiger partial charge in [0.2, 0.25) is 0 Å². The Morgan fingerprint density at radius 1 is 1.47 bits per heavy atom. The minimum Gasteiger partial charge on any atom is -0.481 e. The average molecular weight is 261 g/mol. The Labute approximate surface area is 115 Å². The van der Waals surface area contributed by atoms with E-state index in [-0.39, 0.29) is 11.3 Å². The highest BCUT2D eigenvalue weighted by atomic mass is 16.5. The first kappa shape index (κ1) is 15.3. The second-order valence-corrected chi connectivity index (χ2v) is 5.57. The summed E-state index contributed by atoms with van der Waals surface area (Å²) in [6.07, 6.45) is 1.13. The van der Waals surface area contributed by atoms with Gasteiger partial charge >= 0.3 is 0 Å². The van der Waals surface area contributed by atoms with Crippen molar-refractivity contribution in [2.24, 2.45) is 0 Å². The maximum Gasteiger partial charge on any atom is 0.261 e. The maximum atomic E-state index is 11.7. The van der Waals surface area contributed by atoms with E-state index in [1.807, 2.05) is 18.2 Å². The largest absolute Gasteiger partial charge is 0.481 e. The van der Waals surface area contributed by atoms with Gasteiger partial charge in [0.05, 0.1) is 0 Å². The molecule has 0 fully saturated rings. The second kappa shape index (κ2) is 6.41. The second-order valence-electron chi connectivity index (χ2n) is 5.57. The van der Waals surface area contributed by atoms with E-state index in [0.717, 1.165) is 0 Å². The van der Waals surface area contributed by atoms with Crippen molar-refractivity contribution in [3.05, 3.63) is 42.5 Å². The average Bonchev–Trinajstić information content (AvgIpc) is 2.35. The predicted molar refractivity (Wildman–Crippen MR) is 78.4 cm³/mol. The number of rotatable bonds is 5. The highest BCUT2D eigenvalue weighted by Crippen LogP contribution is 2.25. The Kier molecular flexibility index (Phi) is 5.16. The van der Waals surface area contributed by atoms with Crippen LogP contribution in [0.2, 0.25) is 0 Å². The number of carbonyl (C=O) groups excluding carboxylic acids is 1. The van der Waals surface area contributed by atoms with Crippen LogP contribution in [-0.2, 0) is 10.2 Å². The molecule has 1 aromatic rings. The molecule has 0 saturated carbocycles. The number of benzene rings is 1. The predicted octanol–water partition coefficient (Wildman–Crippen LogP) is 3.05. The van der Waals surface area contributed by atoms with E-state index in [4.69, 9.17) is 4.74 Å². The highest BCUT2D eigenvalue weighted by Gasteiger charge is 2.17. The van der Waals surface area contributed by atoms with Crippen LogP contribution in [0.5, 0.6) is 5.75 Å². The van der Waals surface area contributed by atoms with E-state index in [9.17, 15) is 4.79 Å². The van der Waals surface area contributed by atoms with Gasteiger partial charge in [-0.25, -0.2) is 0 Å². The number of carbonyl (C=O) groups is 1. The first-order valence-corrected chi connectivity index (χ1v) is 6.50. The van der Waals surface area contributed by atoms with Gasteiger partial charge in [-0.1, -0.05) is 39.0 Å². The highest BCUT2D eigenvalue weighted by molar-refractivity contribution is 5.80. The van der Waals surface area contributed by atoms with Gasteiger partial charge in [-0.05, 0) is 30.0 Å². The Morgan fingerprint density at radius 2 is 2.16 bits per heavy atom. The number of amides is 1. The van der Waals surface area contributed by atoms with Crippen LogP contribution < -0.4 is 10.1 Å². The van der Waals surface area contributed by atoms with Gasteiger partial charge in [-0.2, -0.15) is 0 Å². The van der Waals surface area contributed by atoms with Gasteiger partial charge in [0.25, 0.3) is 5.91 Å². The van der Waals surface area contributed by atoms with Crippen LogP contribution in [0.4, 0.5) is 0 Å². The van der Waals surface area contributed by atoms with E-state index in [2.05, 4.69) is 38.7 Å². The molecule has 1 amide bonds. The van der Waals surface area contributed by atoms with Gasteiger partial charge in [0.1, 0.15) is 5.75 Å². The van der Waals surface area contributed by atoms with Crippen LogP contribution in [0.1, 0.15) is 33.3 Å². The maximum absolute atomic E-state index is 11.7. The summed E-state index contributed by atoms with van der Waals surface area (Å²) < 4.78 is 5.66. The van der Waals surface area contributed by atoms with E-state index < -0.39 is 6.10 Å². The molecule has 0 aromatic heterocycles. The molecule has 3 nitrogen and oxygen atoms in total. The van der Waals surface area contributed by atoms with E-state index in [1.54, 1.807) is 13.0 Å². The summed E-state index contributed by atoms with van der Waals surface area (Å²) in [5.41, 5.74) is 1.25. The molecule has 104 valence electrons. The van der Waals surface area contributed by atoms with Crippen molar-refractivity contribution >= 4 is 5.91 Å². The Morgan fingerprint density at radius 3 is 2.74 bits per heavy atom. The van der Waals surface area contributed by atoms with E-state index in [1.165, 1.54) is 5.56 Å². The Hall–Kier alpha value is -1.77. The van der Waals surface area contributed by atoms with Crippen LogP contribution in [-0.4, -0.2) is 18.6 Å². The molecule has 1 N–H and O–H groups in total. The van der Waals surface area contributed by atoms with Crippen LogP contribution in [0.25, 0.3) is 0 Å². The minimum atomic E-state index is -0.518. The lowest BCUT2D eigenvalue weighted by atomic mass is 9.87. The van der Waals surface area contributed by atoms with Crippen LogP contribution in [0.3, 0.4) is 0 Å². The number of hydrogen-bond acceptors (Lipinski definition) is 2. The van der Waals surface area contributed by atoms with Crippen molar-refractivity contribution in [3.8, 4) is 5.75 Å². The summed E-state index contributed by atoms with van der Waals surface area (Å²) in [6.45, 7) is 12.2. The lowest BCUT2D eigenvalue weighted by molar-refractivity contribution is -0.127. The Balaban J connectivity index is 2.72. The summed E-state index contributed by atoms with van der Waals surface area (Å²) in [4.78, 5) is 11.7. The molecule has 1 rings (SSSR count). The van der Waals surface area contributed by atoms with Crippen LogP contribution in [0, 0.1) is 0 Å². The summed E-state index contributed by atoms with van der Waals surface area (Å²) in [6, 6.07) is 7.86. The van der Waals surface area contributed by atoms with E-state index in [0.29, 0.717) is 12.3 Å². The summed E-state index contributed by atoms with van der Waals surface area (Å²) in [5.74, 6) is 0.578. The van der Waals surface area contributed by atoms with Gasteiger partial charge in [-0.3, -0.25) is 4.79 Å². The molecule has 1 aromatic carbocycles. The molecule has 0 aliphatic rings. The number of ether oxygens (including phenoxy) is 1. The van der Waals surface area contributed by atoms with Gasteiger partial charge in [-0.15, -0.1) is 6.58 Å². The van der Waals surface area contributed by atoms with Crippen LogP contribution >= 0.6 is 0 Å². The van der Waals surface area contributed by atoms with Crippen LogP contribution in [0.15, 0.2) is 36.9 Å². The van der Waals surface area contributed by atoms with Crippen molar-refractivity contribution in [2.45, 2.75) is 39.2 Å². The normalized spacial score (nSPS) is 12.6. The molecular weight excluding hydrogens is 238 g/mol. The zero-order chi connectivity index (χ0) is 14.5. The molecule has 0 spiro atoms. The number of hydrogen-bond donors (Lipinski definition) is 1. The molecule has 0 heterocycles. The molecule has 0 saturated heterocycles. The fourth-order valence-electron chi connectivity index (χ4n) is 1.61. The zero-order valence-corrected chi connectivity index (χ0v) is 12.2. The lowest BCUT2D eigenvalue weighted by Crippen LogP contribution is -2.36. The van der Waals surface area contributed by atoms with Crippen molar-refractivity contribution in [1.29, 1.82) is 0 Å².